The van der Waals surface area contributed by atoms with Gasteiger partial charge in [0, 0.05) is 5.41 Å². The van der Waals surface area contributed by atoms with Crippen molar-refractivity contribution in [2.45, 2.75) is 89.6 Å². The van der Waals surface area contributed by atoms with E-state index in [-0.39, 0.29) is 54.3 Å². The summed E-state index contributed by atoms with van der Waals surface area (Å²) >= 11 is 0. The molecule has 2 saturated carbocycles. The van der Waals surface area contributed by atoms with Gasteiger partial charge in [0.05, 0.1) is 48.5 Å². The first-order chi connectivity index (χ1) is 12.6. The summed E-state index contributed by atoms with van der Waals surface area (Å²) in [5.74, 6) is -0.452. The first-order valence-electron chi connectivity index (χ1n) is 10.3. The van der Waals surface area contributed by atoms with Crippen molar-refractivity contribution < 1.29 is 28.5 Å². The Balaban J connectivity index is 1.18. The van der Waals surface area contributed by atoms with Crippen molar-refractivity contribution in [2.24, 2.45) is 17.3 Å². The normalized spacial score (nSPS) is 42.5. The van der Waals surface area contributed by atoms with Crippen molar-refractivity contribution in [3.05, 3.63) is 0 Å². The van der Waals surface area contributed by atoms with Crippen LogP contribution in [0.15, 0.2) is 0 Å². The number of esters is 2. The molecule has 6 atom stereocenters. The molecule has 2 heterocycles. The molecule has 2 aliphatic heterocycles. The highest BCUT2D eigenvalue weighted by atomic mass is 16.6. The first kappa shape index (κ1) is 19.2. The van der Waals surface area contributed by atoms with Crippen LogP contribution in [0.4, 0.5) is 0 Å². The van der Waals surface area contributed by atoms with Gasteiger partial charge < -0.3 is 18.9 Å². The number of epoxide rings is 2. The van der Waals surface area contributed by atoms with E-state index in [9.17, 15) is 9.59 Å². The zero-order valence-electron chi connectivity index (χ0n) is 16.9. The van der Waals surface area contributed by atoms with Gasteiger partial charge in [-0.05, 0) is 52.4 Å². The molecule has 2 aliphatic carbocycles. The van der Waals surface area contributed by atoms with Crippen LogP contribution in [0.5, 0.6) is 0 Å². The number of fused-ring (bicyclic) bond motifs is 2. The Labute approximate surface area is 161 Å². The van der Waals surface area contributed by atoms with Crippen LogP contribution >= 0.6 is 0 Å². The third-order valence-corrected chi connectivity index (χ3v) is 6.86. The fraction of sp³-hybridized carbons (Fsp3) is 0.905. The maximum Gasteiger partial charge on any atom is 0.309 e. The van der Waals surface area contributed by atoms with Gasteiger partial charge >= 0.3 is 11.9 Å². The molecule has 6 nitrogen and oxygen atoms in total. The lowest BCUT2D eigenvalue weighted by atomic mass is 9.82. The second kappa shape index (κ2) is 6.45. The lowest BCUT2D eigenvalue weighted by Crippen LogP contribution is -2.34. The molecule has 27 heavy (non-hydrogen) atoms. The van der Waals surface area contributed by atoms with E-state index in [2.05, 4.69) is 13.8 Å². The van der Waals surface area contributed by atoms with Crippen LogP contribution < -0.4 is 0 Å². The van der Waals surface area contributed by atoms with Gasteiger partial charge in [-0.1, -0.05) is 13.8 Å². The smallest absolute Gasteiger partial charge is 0.309 e. The lowest BCUT2D eigenvalue weighted by molar-refractivity contribution is -0.159. The van der Waals surface area contributed by atoms with Gasteiger partial charge in [0.2, 0.25) is 0 Å². The summed E-state index contributed by atoms with van der Waals surface area (Å²) in [6.07, 6.45) is 5.56. The van der Waals surface area contributed by atoms with Crippen molar-refractivity contribution in [3.63, 3.8) is 0 Å². The molecule has 2 saturated heterocycles. The Morgan fingerprint density at radius 3 is 2.19 bits per heavy atom. The highest BCUT2D eigenvalue weighted by Gasteiger charge is 2.57. The average Bonchev–Trinajstić information content (AvgIpc) is 3.49. The van der Waals surface area contributed by atoms with Crippen molar-refractivity contribution >= 4 is 11.9 Å². The molecule has 4 fully saturated rings. The predicted molar refractivity (Wildman–Crippen MR) is 96.9 cm³/mol. The Morgan fingerprint density at radius 2 is 1.56 bits per heavy atom. The quantitative estimate of drug-likeness (QED) is 0.521. The van der Waals surface area contributed by atoms with Gasteiger partial charge in [0.1, 0.15) is 0 Å². The van der Waals surface area contributed by atoms with E-state index in [0.29, 0.717) is 6.10 Å². The molecule has 6 heteroatoms. The number of hydrogen-bond acceptors (Lipinski definition) is 6. The topological polar surface area (TPSA) is 77.7 Å². The zero-order valence-corrected chi connectivity index (χ0v) is 16.9. The van der Waals surface area contributed by atoms with Gasteiger partial charge in [0.15, 0.2) is 0 Å². The minimum atomic E-state index is -0.401. The Bertz CT molecular complexity index is 630. The standard InChI is InChI=1S/C21H32O6/c1-19(2,11-24-17(22)13-7-8-20(3)16(9-13)27-20)12-25-18(23)14-5-6-15-21(4,10-14)26-15/h13-16H,5-12H2,1-4H3. The number of carbonyl (C=O) groups excluding carboxylic acids is 2. The molecule has 0 spiro atoms. The maximum absolute atomic E-state index is 12.4. The van der Waals surface area contributed by atoms with E-state index in [0.717, 1.165) is 38.5 Å². The molecule has 6 unspecified atom stereocenters. The minimum Gasteiger partial charge on any atom is -0.465 e. The molecule has 0 aromatic carbocycles. The molecule has 4 rings (SSSR count). The summed E-state index contributed by atoms with van der Waals surface area (Å²) in [5, 5.41) is 0. The minimum absolute atomic E-state index is 0.00592. The highest BCUT2D eigenvalue weighted by Crippen LogP contribution is 2.50. The van der Waals surface area contributed by atoms with Crippen LogP contribution in [0.25, 0.3) is 0 Å². The summed E-state index contributed by atoms with van der Waals surface area (Å²) in [6, 6.07) is 0. The largest absolute Gasteiger partial charge is 0.465 e. The van der Waals surface area contributed by atoms with E-state index < -0.39 is 5.41 Å². The average molecular weight is 380 g/mol. The van der Waals surface area contributed by atoms with Gasteiger partial charge in [0.25, 0.3) is 0 Å². The van der Waals surface area contributed by atoms with Gasteiger partial charge in [-0.25, -0.2) is 0 Å². The van der Waals surface area contributed by atoms with E-state index >= 15 is 0 Å². The number of rotatable bonds is 6. The summed E-state index contributed by atoms with van der Waals surface area (Å²) in [6.45, 7) is 8.60. The predicted octanol–water partition coefficient (Wildman–Crippen LogP) is 3.01. The van der Waals surface area contributed by atoms with Crippen molar-refractivity contribution in [2.75, 3.05) is 13.2 Å². The van der Waals surface area contributed by atoms with Crippen molar-refractivity contribution in [1.29, 1.82) is 0 Å². The van der Waals surface area contributed by atoms with Crippen LogP contribution in [0, 0.1) is 17.3 Å². The van der Waals surface area contributed by atoms with E-state index in [1.807, 2.05) is 13.8 Å². The van der Waals surface area contributed by atoms with E-state index in [4.69, 9.17) is 18.9 Å². The summed E-state index contributed by atoms with van der Waals surface area (Å²) in [7, 11) is 0. The van der Waals surface area contributed by atoms with Crippen LogP contribution in [-0.2, 0) is 28.5 Å². The van der Waals surface area contributed by atoms with Gasteiger partial charge in [-0.3, -0.25) is 9.59 Å². The molecule has 152 valence electrons. The zero-order chi connectivity index (χ0) is 19.4. The second-order valence-electron chi connectivity index (χ2n) is 10.2. The Hall–Kier alpha value is -1.14. The summed E-state index contributed by atoms with van der Waals surface area (Å²) in [5.41, 5.74) is -0.512. The molecular formula is C21H32O6. The van der Waals surface area contributed by atoms with Crippen LogP contribution in [0.2, 0.25) is 0 Å². The van der Waals surface area contributed by atoms with Crippen molar-refractivity contribution in [1.82, 2.24) is 0 Å². The highest BCUT2D eigenvalue weighted by molar-refractivity contribution is 5.73. The fourth-order valence-electron chi connectivity index (χ4n) is 4.65. The first-order valence-corrected chi connectivity index (χ1v) is 10.3. The maximum atomic E-state index is 12.4. The van der Waals surface area contributed by atoms with E-state index in [1.54, 1.807) is 0 Å². The third-order valence-electron chi connectivity index (χ3n) is 6.86. The molecule has 0 bridgehead atoms. The number of ether oxygens (including phenoxy) is 4. The molecule has 0 radical (unpaired) electrons. The molecule has 0 aromatic heterocycles. The lowest BCUT2D eigenvalue weighted by Gasteiger charge is -2.28. The fourth-order valence-corrected chi connectivity index (χ4v) is 4.65. The molecule has 0 N–H and O–H groups in total. The molecule has 0 aromatic rings. The summed E-state index contributed by atoms with van der Waals surface area (Å²) in [4.78, 5) is 24.8. The molecule has 4 aliphatic rings. The Morgan fingerprint density at radius 1 is 0.926 bits per heavy atom. The van der Waals surface area contributed by atoms with E-state index in [1.165, 1.54) is 0 Å². The molecule has 0 amide bonds. The van der Waals surface area contributed by atoms with Crippen LogP contribution in [0.1, 0.15) is 66.2 Å². The van der Waals surface area contributed by atoms with Gasteiger partial charge in [-0.15, -0.1) is 0 Å². The Kier molecular flexibility index (Phi) is 4.58. The van der Waals surface area contributed by atoms with Crippen molar-refractivity contribution in [3.8, 4) is 0 Å². The van der Waals surface area contributed by atoms with Gasteiger partial charge in [-0.2, -0.15) is 0 Å². The number of hydrogen-bond donors (Lipinski definition) is 0. The SMILES string of the molecule is CC(C)(COC(=O)C1CCC2(C)OC2C1)COC(=O)C1CCC2OC2(C)C1. The van der Waals surface area contributed by atoms with Crippen LogP contribution in [-0.4, -0.2) is 48.6 Å². The molecular weight excluding hydrogens is 348 g/mol. The third kappa shape index (κ3) is 4.02. The monoisotopic (exact) mass is 380 g/mol. The number of carbonyl (C=O) groups is 2. The van der Waals surface area contributed by atoms with Crippen LogP contribution in [0.3, 0.4) is 0 Å². The summed E-state index contributed by atoms with van der Waals surface area (Å²) < 4.78 is 22.4. The second-order valence-corrected chi connectivity index (χ2v) is 10.2.